The topological polar surface area (TPSA) is 32.3 Å². The summed E-state index contributed by atoms with van der Waals surface area (Å²) in [5, 5.41) is 3.92. The molecule has 0 saturated carbocycles. The highest BCUT2D eigenvalue weighted by Gasteiger charge is 2.14. The maximum Gasteiger partial charge on any atom is 0.246 e. The number of para-hydroxylation sites is 1. The molecule has 0 aromatic heterocycles. The van der Waals surface area contributed by atoms with Crippen LogP contribution in [0.25, 0.3) is 0 Å². The van der Waals surface area contributed by atoms with Gasteiger partial charge in [0.05, 0.1) is 22.3 Å². The van der Waals surface area contributed by atoms with Gasteiger partial charge in [0.1, 0.15) is 0 Å². The van der Waals surface area contributed by atoms with Crippen molar-refractivity contribution in [2.24, 2.45) is 0 Å². The fraction of sp³-hybridized carbons (Fsp3) is 0.188. The van der Waals surface area contributed by atoms with Crippen molar-refractivity contribution in [3.05, 3.63) is 58.6 Å². The second-order valence-corrected chi connectivity index (χ2v) is 5.21. The zero-order valence-corrected chi connectivity index (χ0v) is 13.2. The predicted octanol–water partition coefficient (Wildman–Crippen LogP) is 4.46. The number of rotatable bonds is 5. The molecule has 0 saturated heterocycles. The van der Waals surface area contributed by atoms with E-state index in [1.807, 2.05) is 37.3 Å². The standard InChI is InChI=1S/C16H16Cl2N2O/c1-2-20(12-7-4-3-5-8-12)15(21)11-19-14-10-6-9-13(17)16(14)18/h3-10,19H,2,11H2,1H3. The molecule has 0 aliphatic heterocycles. The van der Waals surface area contributed by atoms with E-state index in [-0.39, 0.29) is 12.5 Å². The van der Waals surface area contributed by atoms with E-state index in [1.165, 1.54) is 0 Å². The van der Waals surface area contributed by atoms with Crippen molar-refractivity contribution in [1.82, 2.24) is 0 Å². The van der Waals surface area contributed by atoms with Gasteiger partial charge in [-0.1, -0.05) is 47.5 Å². The fourth-order valence-electron chi connectivity index (χ4n) is 2.02. The molecule has 3 nitrogen and oxygen atoms in total. The molecule has 21 heavy (non-hydrogen) atoms. The molecule has 2 aromatic rings. The van der Waals surface area contributed by atoms with Crippen LogP contribution in [0.3, 0.4) is 0 Å². The number of carbonyl (C=O) groups excluding carboxylic acids is 1. The molecule has 110 valence electrons. The zero-order chi connectivity index (χ0) is 15.2. The van der Waals surface area contributed by atoms with Gasteiger partial charge in [-0.25, -0.2) is 0 Å². The summed E-state index contributed by atoms with van der Waals surface area (Å²) in [5.74, 6) is -0.0280. The predicted molar refractivity (Wildman–Crippen MR) is 89.4 cm³/mol. The maximum atomic E-state index is 12.3. The Labute approximate surface area is 134 Å². The van der Waals surface area contributed by atoms with E-state index in [1.54, 1.807) is 23.1 Å². The first kappa shape index (κ1) is 15.7. The van der Waals surface area contributed by atoms with Crippen molar-refractivity contribution in [3.8, 4) is 0 Å². The molecule has 0 bridgehead atoms. The molecule has 0 fully saturated rings. The SMILES string of the molecule is CCN(C(=O)CNc1cccc(Cl)c1Cl)c1ccccc1. The van der Waals surface area contributed by atoms with Crippen molar-refractivity contribution in [1.29, 1.82) is 0 Å². The number of hydrogen-bond acceptors (Lipinski definition) is 2. The van der Waals surface area contributed by atoms with E-state index in [9.17, 15) is 4.79 Å². The third-order valence-corrected chi connectivity index (χ3v) is 3.89. The van der Waals surface area contributed by atoms with Crippen LogP contribution in [0.4, 0.5) is 11.4 Å². The molecule has 2 rings (SSSR count). The first-order valence-corrected chi connectivity index (χ1v) is 7.42. The molecule has 0 radical (unpaired) electrons. The Kier molecular flexibility index (Phi) is 5.48. The van der Waals surface area contributed by atoms with Crippen molar-refractivity contribution in [2.45, 2.75) is 6.92 Å². The summed E-state index contributed by atoms with van der Waals surface area (Å²) in [4.78, 5) is 14.0. The van der Waals surface area contributed by atoms with Crippen LogP contribution in [0.15, 0.2) is 48.5 Å². The molecule has 0 spiro atoms. The molecule has 0 aliphatic rings. The number of amides is 1. The van der Waals surface area contributed by atoms with Gasteiger partial charge < -0.3 is 10.2 Å². The smallest absolute Gasteiger partial charge is 0.246 e. The molecular formula is C16H16Cl2N2O. The molecule has 0 aliphatic carbocycles. The lowest BCUT2D eigenvalue weighted by Crippen LogP contribution is -2.35. The Balaban J connectivity index is 2.05. The van der Waals surface area contributed by atoms with E-state index < -0.39 is 0 Å². The molecule has 0 heterocycles. The Morgan fingerprint density at radius 2 is 1.81 bits per heavy atom. The van der Waals surface area contributed by atoms with Crippen LogP contribution >= 0.6 is 23.2 Å². The maximum absolute atomic E-state index is 12.3. The number of halogens is 2. The summed E-state index contributed by atoms with van der Waals surface area (Å²) in [6.45, 7) is 2.70. The molecule has 0 atom stereocenters. The van der Waals surface area contributed by atoms with Gasteiger partial charge in [-0.2, -0.15) is 0 Å². The van der Waals surface area contributed by atoms with Crippen LogP contribution in [0, 0.1) is 0 Å². The van der Waals surface area contributed by atoms with Gasteiger partial charge in [0.15, 0.2) is 0 Å². The molecular weight excluding hydrogens is 307 g/mol. The third kappa shape index (κ3) is 3.90. The van der Waals surface area contributed by atoms with E-state index in [2.05, 4.69) is 5.32 Å². The number of nitrogens with one attached hydrogen (secondary N) is 1. The van der Waals surface area contributed by atoms with Crippen LogP contribution in [0.1, 0.15) is 6.92 Å². The van der Waals surface area contributed by atoms with Crippen molar-refractivity contribution in [2.75, 3.05) is 23.3 Å². The highest BCUT2D eigenvalue weighted by molar-refractivity contribution is 6.43. The lowest BCUT2D eigenvalue weighted by molar-refractivity contribution is -0.116. The fourth-order valence-corrected chi connectivity index (χ4v) is 2.38. The van der Waals surface area contributed by atoms with Crippen LogP contribution in [0.2, 0.25) is 10.0 Å². The van der Waals surface area contributed by atoms with Crippen LogP contribution in [-0.4, -0.2) is 19.0 Å². The van der Waals surface area contributed by atoms with Crippen LogP contribution in [-0.2, 0) is 4.79 Å². The lowest BCUT2D eigenvalue weighted by Gasteiger charge is -2.21. The second kappa shape index (κ2) is 7.34. The second-order valence-electron chi connectivity index (χ2n) is 4.43. The molecule has 1 N–H and O–H groups in total. The Bertz CT molecular complexity index is 617. The zero-order valence-electron chi connectivity index (χ0n) is 11.6. The molecule has 2 aromatic carbocycles. The Morgan fingerprint density at radius 3 is 2.48 bits per heavy atom. The van der Waals surface area contributed by atoms with Crippen molar-refractivity contribution >= 4 is 40.5 Å². The van der Waals surface area contributed by atoms with Gasteiger partial charge in [0, 0.05) is 12.2 Å². The minimum absolute atomic E-state index is 0.0280. The average Bonchev–Trinajstić information content (AvgIpc) is 2.50. The minimum atomic E-state index is -0.0280. The van der Waals surface area contributed by atoms with Crippen molar-refractivity contribution in [3.63, 3.8) is 0 Å². The van der Waals surface area contributed by atoms with Gasteiger partial charge >= 0.3 is 0 Å². The number of anilines is 2. The summed E-state index contributed by atoms with van der Waals surface area (Å²) >= 11 is 12.0. The number of nitrogens with zero attached hydrogens (tertiary/aromatic N) is 1. The number of hydrogen-bond donors (Lipinski definition) is 1. The van der Waals surface area contributed by atoms with Gasteiger partial charge in [-0.05, 0) is 31.2 Å². The van der Waals surface area contributed by atoms with Crippen molar-refractivity contribution < 1.29 is 4.79 Å². The average molecular weight is 323 g/mol. The Hall–Kier alpha value is -1.71. The third-order valence-electron chi connectivity index (χ3n) is 3.07. The highest BCUT2D eigenvalue weighted by atomic mass is 35.5. The lowest BCUT2D eigenvalue weighted by atomic mass is 10.2. The summed E-state index contributed by atoms with van der Waals surface area (Å²) in [6.07, 6.45) is 0. The first-order chi connectivity index (χ1) is 10.1. The summed E-state index contributed by atoms with van der Waals surface area (Å²) < 4.78 is 0. The van der Waals surface area contributed by atoms with Gasteiger partial charge in [-0.15, -0.1) is 0 Å². The largest absolute Gasteiger partial charge is 0.375 e. The summed E-state index contributed by atoms with van der Waals surface area (Å²) in [6, 6.07) is 14.8. The highest BCUT2D eigenvalue weighted by Crippen LogP contribution is 2.29. The van der Waals surface area contributed by atoms with Gasteiger partial charge in [0.2, 0.25) is 5.91 Å². The molecule has 1 amide bonds. The first-order valence-electron chi connectivity index (χ1n) is 6.66. The van der Waals surface area contributed by atoms with E-state index in [4.69, 9.17) is 23.2 Å². The minimum Gasteiger partial charge on any atom is -0.375 e. The van der Waals surface area contributed by atoms with E-state index in [0.717, 1.165) is 5.69 Å². The summed E-state index contributed by atoms with van der Waals surface area (Å²) in [7, 11) is 0. The quantitative estimate of drug-likeness (QED) is 0.881. The number of carbonyl (C=O) groups is 1. The monoisotopic (exact) mass is 322 g/mol. The van der Waals surface area contributed by atoms with Gasteiger partial charge in [0.25, 0.3) is 0 Å². The van der Waals surface area contributed by atoms with E-state index >= 15 is 0 Å². The molecule has 0 unspecified atom stereocenters. The van der Waals surface area contributed by atoms with Crippen LogP contribution < -0.4 is 10.2 Å². The number of likely N-dealkylation sites (N-methyl/N-ethyl adjacent to an activating group) is 1. The molecule has 5 heteroatoms. The Morgan fingerprint density at radius 1 is 1.10 bits per heavy atom. The number of benzene rings is 2. The van der Waals surface area contributed by atoms with Gasteiger partial charge in [-0.3, -0.25) is 4.79 Å². The van der Waals surface area contributed by atoms with Crippen LogP contribution in [0.5, 0.6) is 0 Å². The summed E-state index contributed by atoms with van der Waals surface area (Å²) in [5.41, 5.74) is 1.53. The normalized spacial score (nSPS) is 10.2. The van der Waals surface area contributed by atoms with E-state index in [0.29, 0.717) is 22.3 Å².